The zero-order chi connectivity index (χ0) is 15.4. The lowest BCUT2D eigenvalue weighted by molar-refractivity contribution is 0.262. The fourth-order valence-corrected chi connectivity index (χ4v) is 2.18. The Morgan fingerprint density at radius 1 is 1.05 bits per heavy atom. The van der Waals surface area contributed by atoms with E-state index in [0.29, 0.717) is 17.3 Å². The molecule has 21 heavy (non-hydrogen) atoms. The molecule has 4 heteroatoms. The number of anilines is 3. The van der Waals surface area contributed by atoms with E-state index in [4.69, 9.17) is 5.73 Å². The number of hydrogen-bond donors (Lipinski definition) is 3. The van der Waals surface area contributed by atoms with E-state index >= 15 is 0 Å². The quantitative estimate of drug-likeness (QED) is 0.733. The summed E-state index contributed by atoms with van der Waals surface area (Å²) in [6, 6.07) is 12.8. The molecule has 0 spiro atoms. The Hall–Kier alpha value is -2.49. The van der Waals surface area contributed by atoms with Gasteiger partial charge in [-0.25, -0.2) is 4.79 Å². The van der Waals surface area contributed by atoms with E-state index in [9.17, 15) is 4.79 Å². The van der Waals surface area contributed by atoms with Crippen LogP contribution in [0.1, 0.15) is 30.9 Å². The molecule has 4 N–H and O–H groups in total. The lowest BCUT2D eigenvalue weighted by atomic mass is 9.98. The van der Waals surface area contributed by atoms with Gasteiger partial charge in [-0.1, -0.05) is 32.0 Å². The Bertz CT molecular complexity index is 633. The van der Waals surface area contributed by atoms with Crippen LogP contribution in [-0.2, 0) is 0 Å². The number of para-hydroxylation sites is 1. The molecule has 0 aliphatic rings. The second-order valence-electron chi connectivity index (χ2n) is 5.39. The zero-order valence-corrected chi connectivity index (χ0v) is 12.6. The van der Waals surface area contributed by atoms with Gasteiger partial charge in [0.25, 0.3) is 0 Å². The van der Waals surface area contributed by atoms with Gasteiger partial charge < -0.3 is 16.4 Å². The summed E-state index contributed by atoms with van der Waals surface area (Å²) in [6.45, 7) is 6.21. The number of carbonyl (C=O) groups is 1. The van der Waals surface area contributed by atoms with Crippen molar-refractivity contribution in [2.75, 3.05) is 16.4 Å². The topological polar surface area (TPSA) is 67.2 Å². The van der Waals surface area contributed by atoms with Gasteiger partial charge >= 0.3 is 6.03 Å². The molecular formula is C17H21N3O. The summed E-state index contributed by atoms with van der Waals surface area (Å²) >= 11 is 0. The number of aryl methyl sites for hydroxylation is 1. The van der Waals surface area contributed by atoms with Crippen LogP contribution in [0.15, 0.2) is 42.5 Å². The van der Waals surface area contributed by atoms with E-state index in [0.717, 1.165) is 16.8 Å². The number of benzene rings is 2. The van der Waals surface area contributed by atoms with E-state index in [2.05, 4.69) is 24.5 Å². The Balaban J connectivity index is 2.14. The van der Waals surface area contributed by atoms with Crippen molar-refractivity contribution >= 4 is 23.1 Å². The van der Waals surface area contributed by atoms with E-state index in [-0.39, 0.29) is 6.03 Å². The summed E-state index contributed by atoms with van der Waals surface area (Å²) in [6.07, 6.45) is 0. The predicted molar refractivity (Wildman–Crippen MR) is 88.8 cm³/mol. The lowest BCUT2D eigenvalue weighted by Gasteiger charge is -2.16. The molecule has 0 aliphatic carbocycles. The summed E-state index contributed by atoms with van der Waals surface area (Å²) in [5.74, 6) is 0.344. The molecule has 0 bridgehead atoms. The van der Waals surface area contributed by atoms with E-state index < -0.39 is 0 Å². The van der Waals surface area contributed by atoms with E-state index in [1.165, 1.54) is 0 Å². The summed E-state index contributed by atoms with van der Waals surface area (Å²) in [7, 11) is 0. The molecule has 0 atom stereocenters. The van der Waals surface area contributed by atoms with Crippen LogP contribution in [0.4, 0.5) is 21.9 Å². The first-order valence-corrected chi connectivity index (χ1v) is 7.00. The smallest absolute Gasteiger partial charge is 0.323 e. The fourth-order valence-electron chi connectivity index (χ4n) is 2.18. The Labute approximate surface area is 125 Å². The summed E-state index contributed by atoms with van der Waals surface area (Å²) in [5.41, 5.74) is 10.1. The van der Waals surface area contributed by atoms with Gasteiger partial charge in [0, 0.05) is 17.1 Å². The highest BCUT2D eigenvalue weighted by molar-refractivity contribution is 6.00. The van der Waals surface area contributed by atoms with Crippen LogP contribution in [0.2, 0.25) is 0 Å². The Morgan fingerprint density at radius 2 is 1.71 bits per heavy atom. The molecule has 4 nitrogen and oxygen atoms in total. The monoisotopic (exact) mass is 283 g/mol. The second-order valence-corrected chi connectivity index (χ2v) is 5.39. The van der Waals surface area contributed by atoms with Gasteiger partial charge in [0.15, 0.2) is 0 Å². The summed E-state index contributed by atoms with van der Waals surface area (Å²) < 4.78 is 0. The third-order valence-corrected chi connectivity index (χ3v) is 3.33. The molecule has 0 heterocycles. The van der Waals surface area contributed by atoms with Crippen LogP contribution in [0.5, 0.6) is 0 Å². The van der Waals surface area contributed by atoms with Gasteiger partial charge in [-0.2, -0.15) is 0 Å². The van der Waals surface area contributed by atoms with Crippen LogP contribution < -0.4 is 16.4 Å². The van der Waals surface area contributed by atoms with Gasteiger partial charge in [-0.15, -0.1) is 0 Å². The average molecular weight is 283 g/mol. The Morgan fingerprint density at radius 3 is 2.33 bits per heavy atom. The van der Waals surface area contributed by atoms with Crippen LogP contribution in [-0.4, -0.2) is 6.03 Å². The van der Waals surface area contributed by atoms with Crippen molar-refractivity contribution in [1.29, 1.82) is 0 Å². The molecule has 0 saturated heterocycles. The molecule has 0 fully saturated rings. The molecule has 2 aromatic rings. The maximum absolute atomic E-state index is 12.1. The predicted octanol–water partition coefficient (Wildman–Crippen LogP) is 4.34. The van der Waals surface area contributed by atoms with Crippen molar-refractivity contribution in [3.63, 3.8) is 0 Å². The highest BCUT2D eigenvalue weighted by atomic mass is 16.2. The van der Waals surface area contributed by atoms with Gasteiger partial charge in [-0.3, -0.25) is 0 Å². The number of hydrogen-bond acceptors (Lipinski definition) is 2. The minimum Gasteiger partial charge on any atom is -0.399 e. The number of nitrogens with one attached hydrogen (secondary N) is 2. The molecule has 110 valence electrons. The number of amides is 2. The summed E-state index contributed by atoms with van der Waals surface area (Å²) in [5, 5.41) is 5.75. The second kappa shape index (κ2) is 6.31. The highest BCUT2D eigenvalue weighted by Crippen LogP contribution is 2.27. The molecule has 2 aromatic carbocycles. The van der Waals surface area contributed by atoms with Crippen LogP contribution in [0, 0.1) is 6.92 Å². The lowest BCUT2D eigenvalue weighted by Crippen LogP contribution is -2.21. The Kier molecular flexibility index (Phi) is 4.48. The van der Waals surface area contributed by atoms with Crippen LogP contribution in [0.25, 0.3) is 0 Å². The first kappa shape index (κ1) is 14.9. The van der Waals surface area contributed by atoms with Crippen LogP contribution >= 0.6 is 0 Å². The molecule has 0 radical (unpaired) electrons. The molecule has 2 amide bonds. The molecule has 0 unspecified atom stereocenters. The first-order valence-electron chi connectivity index (χ1n) is 7.00. The van der Waals surface area contributed by atoms with Crippen molar-refractivity contribution < 1.29 is 4.79 Å². The molecule has 0 saturated carbocycles. The molecule has 0 aromatic heterocycles. The first-order chi connectivity index (χ1) is 9.97. The van der Waals surface area contributed by atoms with Gasteiger partial charge in [-0.05, 0) is 48.2 Å². The van der Waals surface area contributed by atoms with Gasteiger partial charge in [0.05, 0.1) is 0 Å². The number of nitrogens with two attached hydrogens (primary N) is 1. The molecule has 2 rings (SSSR count). The van der Waals surface area contributed by atoms with Crippen LogP contribution in [0.3, 0.4) is 0 Å². The fraction of sp³-hybridized carbons (Fsp3) is 0.235. The number of carbonyl (C=O) groups excluding carboxylic acids is 1. The minimum atomic E-state index is -0.254. The number of rotatable bonds is 3. The van der Waals surface area contributed by atoms with Crippen molar-refractivity contribution in [3.05, 3.63) is 53.6 Å². The third kappa shape index (κ3) is 3.75. The maximum atomic E-state index is 12.1. The average Bonchev–Trinajstić information content (AvgIpc) is 2.43. The van der Waals surface area contributed by atoms with Gasteiger partial charge in [0.2, 0.25) is 0 Å². The van der Waals surface area contributed by atoms with Crippen molar-refractivity contribution in [3.8, 4) is 0 Å². The zero-order valence-electron chi connectivity index (χ0n) is 12.6. The normalized spacial score (nSPS) is 10.5. The number of urea groups is 1. The third-order valence-electron chi connectivity index (χ3n) is 3.33. The van der Waals surface area contributed by atoms with Crippen molar-refractivity contribution in [2.45, 2.75) is 26.7 Å². The molecule has 0 aliphatic heterocycles. The van der Waals surface area contributed by atoms with Gasteiger partial charge in [0.1, 0.15) is 0 Å². The maximum Gasteiger partial charge on any atom is 0.323 e. The summed E-state index contributed by atoms with van der Waals surface area (Å²) in [4.78, 5) is 12.1. The van der Waals surface area contributed by atoms with E-state index in [1.54, 1.807) is 24.3 Å². The number of nitrogen functional groups attached to an aromatic ring is 1. The minimum absolute atomic E-state index is 0.254. The largest absolute Gasteiger partial charge is 0.399 e. The standard InChI is InChI=1S/C17H21N3O/c1-11(2)15-6-4-5-12(3)16(15)20-17(21)19-14-9-7-13(18)8-10-14/h4-11H,18H2,1-3H3,(H2,19,20,21). The van der Waals surface area contributed by atoms with E-state index in [1.807, 2.05) is 25.1 Å². The van der Waals surface area contributed by atoms with Crippen molar-refractivity contribution in [2.24, 2.45) is 0 Å². The molecular weight excluding hydrogens is 262 g/mol. The van der Waals surface area contributed by atoms with Crippen molar-refractivity contribution in [1.82, 2.24) is 0 Å². The highest BCUT2D eigenvalue weighted by Gasteiger charge is 2.11. The SMILES string of the molecule is Cc1cccc(C(C)C)c1NC(=O)Nc1ccc(N)cc1.